The van der Waals surface area contributed by atoms with Gasteiger partial charge in [-0.1, -0.05) is 44.5 Å². The summed E-state index contributed by atoms with van der Waals surface area (Å²) in [6.07, 6.45) is 1.89. The molecule has 1 aromatic heterocycles. The van der Waals surface area contributed by atoms with Crippen molar-refractivity contribution in [2.24, 2.45) is 5.92 Å². The summed E-state index contributed by atoms with van der Waals surface area (Å²) in [6.45, 7) is 10.1. The molecule has 3 unspecified atom stereocenters. The molecule has 2 aliphatic rings. The first-order valence-electron chi connectivity index (χ1n) is 18.0. The highest BCUT2D eigenvalue weighted by Gasteiger charge is 2.33. The van der Waals surface area contributed by atoms with Crippen LogP contribution in [0.5, 0.6) is 17.2 Å². The monoisotopic (exact) mass is 707 g/mol. The third-order valence-corrected chi connectivity index (χ3v) is 10.5. The Labute approximate surface area is 305 Å². The van der Waals surface area contributed by atoms with Gasteiger partial charge in [-0.25, -0.2) is 4.98 Å². The van der Waals surface area contributed by atoms with Crippen LogP contribution in [0.1, 0.15) is 56.3 Å². The van der Waals surface area contributed by atoms with E-state index in [0.29, 0.717) is 67.5 Å². The van der Waals surface area contributed by atoms with E-state index in [4.69, 9.17) is 19.2 Å². The van der Waals surface area contributed by atoms with Crippen molar-refractivity contribution >= 4 is 34.2 Å². The van der Waals surface area contributed by atoms with Gasteiger partial charge in [0, 0.05) is 44.1 Å². The number of fused-ring (bicyclic) bond motifs is 4. The Morgan fingerprint density at radius 1 is 0.962 bits per heavy atom. The maximum absolute atomic E-state index is 14.3. The maximum atomic E-state index is 14.3. The van der Waals surface area contributed by atoms with Crippen LogP contribution in [0.4, 0.5) is 11.5 Å². The zero-order valence-electron chi connectivity index (χ0n) is 31.2. The quantitative estimate of drug-likeness (QED) is 0.208. The highest BCUT2D eigenvalue weighted by Crippen LogP contribution is 2.50. The molecule has 1 fully saturated rings. The Morgan fingerprint density at radius 3 is 2.37 bits per heavy atom. The van der Waals surface area contributed by atoms with Gasteiger partial charge in [0.1, 0.15) is 11.9 Å². The molecule has 11 heteroatoms. The number of anilines is 2. The van der Waals surface area contributed by atoms with Gasteiger partial charge in [0.15, 0.2) is 11.5 Å². The average Bonchev–Trinajstić information content (AvgIpc) is 3.40. The lowest BCUT2D eigenvalue weighted by atomic mass is 9.95. The first-order valence-corrected chi connectivity index (χ1v) is 18.0. The molecule has 2 amide bonds. The minimum Gasteiger partial charge on any atom is -0.493 e. The molecule has 2 heterocycles. The maximum Gasteiger partial charge on any atom is 0.245 e. The molecule has 6 rings (SSSR count). The lowest BCUT2D eigenvalue weighted by Crippen LogP contribution is -2.54. The van der Waals surface area contributed by atoms with Gasteiger partial charge in [-0.05, 0) is 78.3 Å². The molecule has 1 saturated heterocycles. The highest BCUT2D eigenvalue weighted by atomic mass is 16.5. The van der Waals surface area contributed by atoms with Crippen molar-refractivity contribution in [2.45, 2.75) is 59.0 Å². The van der Waals surface area contributed by atoms with E-state index in [0.717, 1.165) is 39.8 Å². The van der Waals surface area contributed by atoms with Gasteiger partial charge in [-0.3, -0.25) is 14.4 Å². The zero-order chi connectivity index (χ0) is 37.1. The molecule has 0 saturated carbocycles. The van der Waals surface area contributed by atoms with E-state index >= 15 is 0 Å². The summed E-state index contributed by atoms with van der Waals surface area (Å²) >= 11 is 0. The van der Waals surface area contributed by atoms with Gasteiger partial charge in [-0.15, -0.1) is 0 Å². The number of ether oxygens (including phenoxy) is 3. The number of piperazine rings is 1. The van der Waals surface area contributed by atoms with Crippen molar-refractivity contribution in [1.29, 1.82) is 0 Å². The van der Waals surface area contributed by atoms with E-state index in [-0.39, 0.29) is 23.2 Å². The van der Waals surface area contributed by atoms with Crippen LogP contribution < -0.4 is 35.2 Å². The van der Waals surface area contributed by atoms with Crippen LogP contribution in [-0.2, 0) is 16.0 Å². The smallest absolute Gasteiger partial charge is 0.245 e. The summed E-state index contributed by atoms with van der Waals surface area (Å²) < 4.78 is 17.3. The number of amides is 2. The second kappa shape index (κ2) is 15.5. The molecule has 1 aliphatic heterocycles. The lowest BCUT2D eigenvalue weighted by molar-refractivity contribution is -0.133. The van der Waals surface area contributed by atoms with Crippen molar-refractivity contribution in [3.63, 3.8) is 0 Å². The number of nitrogens with one attached hydrogen (secondary N) is 2. The van der Waals surface area contributed by atoms with Crippen molar-refractivity contribution in [3.05, 3.63) is 81.5 Å². The molecule has 4 aromatic rings. The molecular weight excluding hydrogens is 658 g/mol. The molecule has 0 bridgehead atoms. The molecule has 11 nitrogen and oxygen atoms in total. The fraction of sp³-hybridized carbons (Fsp3) is 0.415. The largest absolute Gasteiger partial charge is 0.493 e. The molecule has 52 heavy (non-hydrogen) atoms. The van der Waals surface area contributed by atoms with Gasteiger partial charge >= 0.3 is 0 Å². The van der Waals surface area contributed by atoms with Crippen LogP contribution in [0.2, 0.25) is 0 Å². The predicted octanol–water partition coefficient (Wildman–Crippen LogP) is 5.90. The second-order valence-corrected chi connectivity index (χ2v) is 13.7. The summed E-state index contributed by atoms with van der Waals surface area (Å²) in [4.78, 5) is 49.8. The third-order valence-electron chi connectivity index (χ3n) is 10.5. The molecule has 3 aromatic carbocycles. The first-order chi connectivity index (χ1) is 25.1. The van der Waals surface area contributed by atoms with Crippen molar-refractivity contribution in [3.8, 4) is 28.4 Å². The Kier molecular flexibility index (Phi) is 10.9. The first kappa shape index (κ1) is 36.5. The highest BCUT2D eigenvalue weighted by molar-refractivity contribution is 5.87. The van der Waals surface area contributed by atoms with Crippen LogP contribution in [-0.4, -0.2) is 75.2 Å². The van der Waals surface area contributed by atoms with E-state index in [9.17, 15) is 14.4 Å². The Bertz CT molecular complexity index is 2040. The number of nitrogens with zero attached hydrogens (tertiary/aromatic N) is 3. The van der Waals surface area contributed by atoms with Crippen molar-refractivity contribution in [2.75, 3.05) is 57.7 Å². The molecule has 1 aliphatic carbocycles. The minimum atomic E-state index is -0.621. The summed E-state index contributed by atoms with van der Waals surface area (Å²) in [7, 11) is 4.71. The van der Waals surface area contributed by atoms with Gasteiger partial charge in [0.05, 0.1) is 38.6 Å². The normalized spacial score (nSPS) is 16.6. The molecule has 0 radical (unpaired) electrons. The molecular formula is C41H49N5O6. The number of carbonyl (C=O) groups excluding carboxylic acids is 2. The minimum absolute atomic E-state index is 0.0379. The van der Waals surface area contributed by atoms with Crippen LogP contribution in [0.3, 0.4) is 0 Å². The number of carbonyl (C=O) groups is 2. The van der Waals surface area contributed by atoms with E-state index < -0.39 is 12.1 Å². The standard InChI is InChI=1S/C41H49N5O6/c1-8-24(2)38(41(49)46-19-17-45(18-20-46)36-21-25(3)28-11-9-10-12-31(28)43-36)44-33-16-14-29-30(23-34(33)48)32(42-26(4)47)15-13-27-22-35(50-5)39(51-6)40(52-7)37(27)29/h9-12,14,16,21-24,32,38H,8,13,15,17-20H2,1-7H3,(H,42,47)(H,44,48). The summed E-state index contributed by atoms with van der Waals surface area (Å²) in [5, 5.41) is 7.57. The Hall–Kier alpha value is -5.32. The average molecular weight is 708 g/mol. The number of aryl methyl sites for hydroxylation is 2. The third kappa shape index (κ3) is 7.09. The van der Waals surface area contributed by atoms with E-state index in [1.807, 2.05) is 49.1 Å². The van der Waals surface area contributed by atoms with E-state index in [2.05, 4.69) is 34.6 Å². The van der Waals surface area contributed by atoms with Crippen LogP contribution in [0.15, 0.2) is 59.4 Å². The second-order valence-electron chi connectivity index (χ2n) is 13.7. The fourth-order valence-corrected chi connectivity index (χ4v) is 7.52. The van der Waals surface area contributed by atoms with E-state index in [1.165, 1.54) is 12.5 Å². The summed E-state index contributed by atoms with van der Waals surface area (Å²) in [6, 6.07) is 16.3. The summed E-state index contributed by atoms with van der Waals surface area (Å²) in [5.41, 5.74) is 5.28. The lowest BCUT2D eigenvalue weighted by Gasteiger charge is -2.38. The number of hydrogen-bond donors (Lipinski definition) is 2. The molecule has 2 N–H and O–H groups in total. The number of pyridine rings is 1. The van der Waals surface area contributed by atoms with Crippen LogP contribution >= 0.6 is 0 Å². The molecule has 0 spiro atoms. The van der Waals surface area contributed by atoms with Gasteiger partial charge < -0.3 is 34.6 Å². The molecule has 3 atom stereocenters. The SMILES string of the molecule is CCC(C)C(Nc1ccc2c(cc1=O)C(NC(C)=O)CCc1cc(OC)c(OC)c(OC)c1-2)C(=O)N1CCN(c2cc(C)c3ccccc3n2)CC1. The van der Waals surface area contributed by atoms with Crippen molar-refractivity contribution < 1.29 is 23.8 Å². The molecule has 274 valence electrons. The fourth-order valence-electron chi connectivity index (χ4n) is 7.52. The van der Waals surface area contributed by atoms with Gasteiger partial charge in [0.25, 0.3) is 0 Å². The number of methoxy groups -OCH3 is 3. The van der Waals surface area contributed by atoms with Gasteiger partial charge in [0.2, 0.25) is 23.0 Å². The number of aromatic nitrogens is 1. The van der Waals surface area contributed by atoms with Gasteiger partial charge in [-0.2, -0.15) is 0 Å². The van der Waals surface area contributed by atoms with E-state index in [1.54, 1.807) is 33.5 Å². The van der Waals surface area contributed by atoms with Crippen LogP contribution in [0, 0.1) is 12.8 Å². The number of para-hydroxylation sites is 1. The van der Waals surface area contributed by atoms with Crippen molar-refractivity contribution in [1.82, 2.24) is 15.2 Å². The topological polar surface area (TPSA) is 122 Å². The Balaban J connectivity index is 1.32. The summed E-state index contributed by atoms with van der Waals surface area (Å²) in [5.74, 6) is 2.08. The van der Waals surface area contributed by atoms with Crippen LogP contribution in [0.25, 0.3) is 22.0 Å². The zero-order valence-corrected chi connectivity index (χ0v) is 31.2. The Morgan fingerprint density at radius 2 is 1.69 bits per heavy atom. The number of benzene rings is 2. The predicted molar refractivity (Wildman–Crippen MR) is 205 cm³/mol. The number of rotatable bonds is 10. The number of hydrogen-bond acceptors (Lipinski definition) is 9.